The molecule has 2 aliphatic rings. The van der Waals surface area contributed by atoms with Crippen LogP contribution >= 0.6 is 0 Å². The van der Waals surface area contributed by atoms with E-state index in [1.165, 1.54) is 12.3 Å². The predicted octanol–water partition coefficient (Wildman–Crippen LogP) is 2.13. The molecule has 138 valence electrons. The van der Waals surface area contributed by atoms with Crippen molar-refractivity contribution in [3.8, 4) is 0 Å². The SMILES string of the molecule is CCOC(=O)c1c[nH]c2c(C3CC3)c(N3CCNCC3)c(F)cc2c1=O. The zero-order chi connectivity index (χ0) is 18.3. The van der Waals surface area contributed by atoms with Crippen molar-refractivity contribution >= 4 is 22.6 Å². The molecular formula is C19H22FN3O3. The number of benzene rings is 1. The van der Waals surface area contributed by atoms with Crippen molar-refractivity contribution in [2.75, 3.05) is 37.7 Å². The second-order valence-electron chi connectivity index (χ2n) is 6.81. The lowest BCUT2D eigenvalue weighted by atomic mass is 10.00. The van der Waals surface area contributed by atoms with E-state index in [9.17, 15) is 9.59 Å². The van der Waals surface area contributed by atoms with Crippen molar-refractivity contribution in [2.45, 2.75) is 25.7 Å². The molecule has 26 heavy (non-hydrogen) atoms. The quantitative estimate of drug-likeness (QED) is 0.818. The highest BCUT2D eigenvalue weighted by Gasteiger charge is 2.33. The Morgan fingerprint density at radius 2 is 2.08 bits per heavy atom. The molecule has 1 aromatic heterocycles. The number of H-pyrrole nitrogens is 1. The number of piperazine rings is 1. The molecule has 0 atom stereocenters. The van der Waals surface area contributed by atoms with E-state index >= 15 is 4.39 Å². The summed E-state index contributed by atoms with van der Waals surface area (Å²) in [6, 6.07) is 1.26. The van der Waals surface area contributed by atoms with Crippen LogP contribution < -0.4 is 15.6 Å². The molecule has 7 heteroatoms. The molecule has 2 aromatic rings. The molecule has 2 fully saturated rings. The van der Waals surface area contributed by atoms with Gasteiger partial charge in [-0.1, -0.05) is 0 Å². The van der Waals surface area contributed by atoms with Crippen molar-refractivity contribution < 1.29 is 13.9 Å². The number of nitrogens with one attached hydrogen (secondary N) is 2. The maximum absolute atomic E-state index is 15.1. The fourth-order valence-electron chi connectivity index (χ4n) is 3.69. The Kier molecular flexibility index (Phi) is 4.40. The average molecular weight is 359 g/mol. The number of aromatic nitrogens is 1. The summed E-state index contributed by atoms with van der Waals surface area (Å²) >= 11 is 0. The largest absolute Gasteiger partial charge is 0.462 e. The molecule has 0 radical (unpaired) electrons. The van der Waals surface area contributed by atoms with E-state index in [1.807, 2.05) is 0 Å². The molecule has 2 N–H and O–H groups in total. The first-order valence-corrected chi connectivity index (χ1v) is 9.12. The predicted molar refractivity (Wildman–Crippen MR) is 97.5 cm³/mol. The van der Waals surface area contributed by atoms with E-state index in [0.29, 0.717) is 11.2 Å². The average Bonchev–Trinajstić information content (AvgIpc) is 3.47. The van der Waals surface area contributed by atoms with Gasteiger partial charge in [0.1, 0.15) is 11.4 Å². The monoisotopic (exact) mass is 359 g/mol. The van der Waals surface area contributed by atoms with Crippen LogP contribution in [-0.2, 0) is 4.74 Å². The Hall–Kier alpha value is -2.41. The van der Waals surface area contributed by atoms with Crippen LogP contribution in [-0.4, -0.2) is 43.7 Å². The lowest BCUT2D eigenvalue weighted by molar-refractivity contribution is 0.0524. The van der Waals surface area contributed by atoms with E-state index in [4.69, 9.17) is 4.74 Å². The highest BCUT2D eigenvalue weighted by atomic mass is 19.1. The third-order valence-corrected chi connectivity index (χ3v) is 5.06. The molecule has 1 aliphatic heterocycles. The summed E-state index contributed by atoms with van der Waals surface area (Å²) in [7, 11) is 0. The Morgan fingerprint density at radius 1 is 1.35 bits per heavy atom. The summed E-state index contributed by atoms with van der Waals surface area (Å²) in [4.78, 5) is 29.9. The van der Waals surface area contributed by atoms with Gasteiger partial charge in [-0.3, -0.25) is 4.79 Å². The summed E-state index contributed by atoms with van der Waals surface area (Å²) < 4.78 is 20.0. The van der Waals surface area contributed by atoms with Crippen LogP contribution in [0.15, 0.2) is 17.1 Å². The summed E-state index contributed by atoms with van der Waals surface area (Å²) in [6.07, 6.45) is 3.37. The number of rotatable bonds is 4. The van der Waals surface area contributed by atoms with Gasteiger partial charge in [-0.05, 0) is 31.7 Å². The lowest BCUT2D eigenvalue weighted by Crippen LogP contribution is -2.44. The van der Waals surface area contributed by atoms with Crippen LogP contribution in [0.2, 0.25) is 0 Å². The molecule has 1 aliphatic carbocycles. The Balaban J connectivity index is 1.91. The number of halogens is 1. The number of hydrogen-bond donors (Lipinski definition) is 2. The minimum Gasteiger partial charge on any atom is -0.462 e. The second kappa shape index (κ2) is 6.72. The van der Waals surface area contributed by atoms with Crippen molar-refractivity contribution in [3.63, 3.8) is 0 Å². The molecule has 2 heterocycles. The van der Waals surface area contributed by atoms with Crippen LogP contribution in [0, 0.1) is 5.82 Å². The zero-order valence-electron chi connectivity index (χ0n) is 14.7. The van der Waals surface area contributed by atoms with Gasteiger partial charge < -0.3 is 19.9 Å². The molecule has 4 rings (SSSR count). The topological polar surface area (TPSA) is 74.4 Å². The van der Waals surface area contributed by atoms with Crippen molar-refractivity contribution in [3.05, 3.63) is 39.4 Å². The normalized spacial score (nSPS) is 17.5. The van der Waals surface area contributed by atoms with Gasteiger partial charge in [0.15, 0.2) is 0 Å². The number of carbonyl (C=O) groups excluding carboxylic acids is 1. The molecular weight excluding hydrogens is 337 g/mol. The first-order valence-electron chi connectivity index (χ1n) is 9.12. The zero-order valence-corrected chi connectivity index (χ0v) is 14.7. The summed E-state index contributed by atoms with van der Waals surface area (Å²) in [5.41, 5.74) is 1.54. The van der Waals surface area contributed by atoms with E-state index in [-0.39, 0.29) is 23.5 Å². The van der Waals surface area contributed by atoms with E-state index < -0.39 is 17.2 Å². The van der Waals surface area contributed by atoms with E-state index in [1.54, 1.807) is 6.92 Å². The first-order chi connectivity index (χ1) is 12.6. The lowest BCUT2D eigenvalue weighted by Gasteiger charge is -2.32. The Labute approximate surface area is 150 Å². The minimum absolute atomic E-state index is 0.0876. The standard InChI is InChI=1S/C19H22FN3O3/c1-2-26-19(25)13-10-22-16-12(18(13)24)9-14(20)17(15(16)11-3-4-11)23-7-5-21-6-8-23/h9-11,21H,2-8H2,1H3,(H,22,24). The van der Waals surface area contributed by atoms with Gasteiger partial charge in [-0.25, -0.2) is 9.18 Å². The number of hydrogen-bond acceptors (Lipinski definition) is 5. The van der Waals surface area contributed by atoms with Crippen LogP contribution in [0.1, 0.15) is 41.6 Å². The third kappa shape index (κ3) is 2.86. The highest BCUT2D eigenvalue weighted by molar-refractivity contribution is 5.96. The highest BCUT2D eigenvalue weighted by Crippen LogP contribution is 2.48. The molecule has 1 saturated heterocycles. The fourth-order valence-corrected chi connectivity index (χ4v) is 3.69. The summed E-state index contributed by atoms with van der Waals surface area (Å²) in [6.45, 7) is 4.93. The number of fused-ring (bicyclic) bond motifs is 1. The molecule has 6 nitrogen and oxygen atoms in total. The molecule has 1 aromatic carbocycles. The van der Waals surface area contributed by atoms with Gasteiger partial charge in [0.2, 0.25) is 5.43 Å². The number of pyridine rings is 1. The molecule has 0 unspecified atom stereocenters. The van der Waals surface area contributed by atoms with Crippen molar-refractivity contribution in [1.29, 1.82) is 0 Å². The smallest absolute Gasteiger partial charge is 0.343 e. The van der Waals surface area contributed by atoms with E-state index in [2.05, 4.69) is 15.2 Å². The Bertz CT molecular complexity index is 914. The van der Waals surface area contributed by atoms with Gasteiger partial charge in [-0.15, -0.1) is 0 Å². The first kappa shape index (κ1) is 17.0. The third-order valence-electron chi connectivity index (χ3n) is 5.06. The van der Waals surface area contributed by atoms with Crippen LogP contribution in [0.5, 0.6) is 0 Å². The maximum Gasteiger partial charge on any atom is 0.343 e. The minimum atomic E-state index is -0.685. The second-order valence-corrected chi connectivity index (χ2v) is 6.81. The number of anilines is 1. The molecule has 1 saturated carbocycles. The van der Waals surface area contributed by atoms with Gasteiger partial charge in [0.25, 0.3) is 0 Å². The van der Waals surface area contributed by atoms with Crippen LogP contribution in [0.3, 0.4) is 0 Å². The fraction of sp³-hybridized carbons (Fsp3) is 0.474. The summed E-state index contributed by atoms with van der Waals surface area (Å²) in [5.74, 6) is -0.829. The van der Waals surface area contributed by atoms with Crippen molar-refractivity contribution in [1.82, 2.24) is 10.3 Å². The van der Waals surface area contributed by atoms with Crippen LogP contribution in [0.25, 0.3) is 10.9 Å². The van der Waals surface area contributed by atoms with E-state index in [0.717, 1.165) is 44.6 Å². The number of carbonyl (C=O) groups is 1. The molecule has 0 amide bonds. The number of nitrogens with zero attached hydrogens (tertiary/aromatic N) is 1. The maximum atomic E-state index is 15.1. The van der Waals surface area contributed by atoms with Gasteiger partial charge >= 0.3 is 5.97 Å². The summed E-state index contributed by atoms with van der Waals surface area (Å²) in [5, 5.41) is 3.49. The number of esters is 1. The van der Waals surface area contributed by atoms with Gasteiger partial charge in [0.05, 0.1) is 17.8 Å². The van der Waals surface area contributed by atoms with Gasteiger partial charge in [-0.2, -0.15) is 0 Å². The number of ether oxygens (including phenoxy) is 1. The molecule has 0 spiro atoms. The van der Waals surface area contributed by atoms with Crippen molar-refractivity contribution in [2.24, 2.45) is 0 Å². The number of aromatic amines is 1. The van der Waals surface area contributed by atoms with Gasteiger partial charge in [0, 0.05) is 43.3 Å². The van der Waals surface area contributed by atoms with Crippen LogP contribution in [0.4, 0.5) is 10.1 Å². The molecule has 0 bridgehead atoms. The Morgan fingerprint density at radius 3 is 2.73 bits per heavy atom.